The number of rotatable bonds is 3. The van der Waals surface area contributed by atoms with Crippen LogP contribution in [0, 0.1) is 0 Å². The average Bonchev–Trinajstić information content (AvgIpc) is 2.35. The van der Waals surface area contributed by atoms with Crippen LogP contribution in [0.3, 0.4) is 0 Å². The van der Waals surface area contributed by atoms with Crippen molar-refractivity contribution in [1.82, 2.24) is 4.98 Å². The lowest BCUT2D eigenvalue weighted by Gasteiger charge is -2.10. The zero-order valence-electron chi connectivity index (χ0n) is 9.52. The molecule has 0 fully saturated rings. The van der Waals surface area contributed by atoms with Gasteiger partial charge in [-0.25, -0.2) is 9.78 Å². The van der Waals surface area contributed by atoms with Gasteiger partial charge in [-0.2, -0.15) is 0 Å². The normalized spacial score (nSPS) is 10.2. The minimum absolute atomic E-state index is 0.0410. The van der Waals surface area contributed by atoms with Crippen molar-refractivity contribution in [3.05, 3.63) is 46.1 Å². The lowest BCUT2D eigenvalue weighted by molar-refractivity contribution is 0.0698. The summed E-state index contributed by atoms with van der Waals surface area (Å²) < 4.78 is 0. The second-order valence-electron chi connectivity index (χ2n) is 3.68. The third kappa shape index (κ3) is 2.89. The molecule has 0 atom stereocenters. The number of carboxylic acids is 1. The van der Waals surface area contributed by atoms with Crippen molar-refractivity contribution in [3.63, 3.8) is 0 Å². The maximum atomic E-state index is 11.0. The van der Waals surface area contributed by atoms with Crippen molar-refractivity contribution >= 4 is 46.4 Å². The van der Waals surface area contributed by atoms with E-state index in [0.717, 1.165) is 0 Å². The van der Waals surface area contributed by atoms with Crippen LogP contribution in [0.1, 0.15) is 10.4 Å². The fraction of sp³-hybridized carbons (Fsp3) is 0. The molecule has 0 amide bonds. The molecule has 0 aliphatic rings. The molecule has 1 heterocycles. The van der Waals surface area contributed by atoms with Crippen molar-refractivity contribution in [2.75, 3.05) is 11.1 Å². The quantitative estimate of drug-likeness (QED) is 0.808. The summed E-state index contributed by atoms with van der Waals surface area (Å²) in [6, 6.07) is 6.34. The summed E-state index contributed by atoms with van der Waals surface area (Å²) in [5.41, 5.74) is 6.02. The highest BCUT2D eigenvalue weighted by Gasteiger charge is 2.11. The lowest BCUT2D eigenvalue weighted by Crippen LogP contribution is -2.05. The molecule has 4 N–H and O–H groups in total. The number of carbonyl (C=O) groups is 1. The average molecular weight is 298 g/mol. The number of pyridine rings is 1. The highest BCUT2D eigenvalue weighted by atomic mass is 35.5. The Kier molecular flexibility index (Phi) is 3.78. The van der Waals surface area contributed by atoms with Crippen LogP contribution >= 0.6 is 23.2 Å². The van der Waals surface area contributed by atoms with E-state index in [2.05, 4.69) is 10.3 Å². The number of aromatic carboxylic acids is 1. The monoisotopic (exact) mass is 297 g/mol. The van der Waals surface area contributed by atoms with Crippen molar-refractivity contribution in [1.29, 1.82) is 0 Å². The molecular weight excluding hydrogens is 289 g/mol. The first kappa shape index (κ1) is 13.5. The molecule has 7 heteroatoms. The van der Waals surface area contributed by atoms with Gasteiger partial charge in [0.25, 0.3) is 0 Å². The highest BCUT2D eigenvalue weighted by Crippen LogP contribution is 2.32. The molecular formula is C12H9Cl2N3O2. The van der Waals surface area contributed by atoms with E-state index < -0.39 is 5.97 Å². The van der Waals surface area contributed by atoms with Gasteiger partial charge in [0.15, 0.2) is 0 Å². The summed E-state index contributed by atoms with van der Waals surface area (Å²) in [5.74, 6) is -0.838. The number of hydrogen-bond donors (Lipinski definition) is 3. The van der Waals surface area contributed by atoms with Crippen LogP contribution in [-0.2, 0) is 0 Å². The number of halogens is 2. The van der Waals surface area contributed by atoms with Gasteiger partial charge in [0.05, 0.1) is 33.2 Å². The third-order valence-corrected chi connectivity index (χ3v) is 3.01. The van der Waals surface area contributed by atoms with E-state index in [9.17, 15) is 4.79 Å². The fourth-order valence-electron chi connectivity index (χ4n) is 1.46. The van der Waals surface area contributed by atoms with E-state index in [0.29, 0.717) is 21.6 Å². The first-order valence-electron chi connectivity index (χ1n) is 5.19. The number of benzene rings is 1. The Morgan fingerprint density at radius 2 is 1.95 bits per heavy atom. The Bertz CT molecular complexity index is 627. The van der Waals surface area contributed by atoms with Gasteiger partial charge in [-0.1, -0.05) is 29.3 Å². The molecule has 0 aliphatic heterocycles. The van der Waals surface area contributed by atoms with E-state index in [-0.39, 0.29) is 11.3 Å². The zero-order chi connectivity index (χ0) is 14.0. The van der Waals surface area contributed by atoms with Gasteiger partial charge in [-0.3, -0.25) is 0 Å². The highest BCUT2D eigenvalue weighted by molar-refractivity contribution is 6.39. The molecule has 0 saturated heterocycles. The zero-order valence-corrected chi connectivity index (χ0v) is 11.0. The molecule has 0 saturated carbocycles. The third-order valence-electron chi connectivity index (χ3n) is 2.38. The van der Waals surface area contributed by atoms with Gasteiger partial charge in [0, 0.05) is 0 Å². The van der Waals surface area contributed by atoms with E-state index >= 15 is 0 Å². The SMILES string of the molecule is Nc1cnc(Nc2c(Cl)cccc2Cl)cc1C(=O)O. The van der Waals surface area contributed by atoms with E-state index in [1.807, 2.05) is 0 Å². The standard InChI is InChI=1S/C12H9Cl2N3O2/c13-7-2-1-3-8(14)11(7)17-10-4-6(12(18)19)9(15)5-16-10/h1-5H,15H2,(H,16,17)(H,18,19). The summed E-state index contributed by atoms with van der Waals surface area (Å²) in [4.78, 5) is 15.0. The second-order valence-corrected chi connectivity index (χ2v) is 4.50. The Hall–Kier alpha value is -1.98. The molecule has 2 aromatic rings. The predicted octanol–water partition coefficient (Wildman–Crippen LogP) is 3.41. The molecule has 2 rings (SSSR count). The maximum Gasteiger partial charge on any atom is 0.337 e. The molecule has 0 aliphatic carbocycles. The first-order chi connectivity index (χ1) is 8.99. The summed E-state index contributed by atoms with van der Waals surface area (Å²) in [6.45, 7) is 0. The number of para-hydroxylation sites is 1. The van der Waals surface area contributed by atoms with Gasteiger partial charge in [-0.15, -0.1) is 0 Å². The molecule has 1 aromatic carbocycles. The van der Waals surface area contributed by atoms with Crippen LogP contribution < -0.4 is 11.1 Å². The molecule has 1 aromatic heterocycles. The molecule has 0 radical (unpaired) electrons. The predicted molar refractivity (Wildman–Crippen MR) is 75.4 cm³/mol. The summed E-state index contributed by atoms with van der Waals surface area (Å²) >= 11 is 12.0. The number of hydrogen-bond acceptors (Lipinski definition) is 4. The van der Waals surface area contributed by atoms with Crippen LogP contribution in [0.2, 0.25) is 10.0 Å². The largest absolute Gasteiger partial charge is 0.478 e. The number of nitrogens with zero attached hydrogens (tertiary/aromatic N) is 1. The number of anilines is 3. The maximum absolute atomic E-state index is 11.0. The van der Waals surface area contributed by atoms with E-state index in [4.69, 9.17) is 34.0 Å². The van der Waals surface area contributed by atoms with Crippen LogP contribution in [0.5, 0.6) is 0 Å². The Morgan fingerprint density at radius 3 is 2.53 bits per heavy atom. The Labute approximate surface area is 119 Å². The van der Waals surface area contributed by atoms with Gasteiger partial charge < -0.3 is 16.2 Å². The molecule has 0 unspecified atom stereocenters. The van der Waals surface area contributed by atoms with Crippen LogP contribution in [0.15, 0.2) is 30.5 Å². The number of nitrogens with two attached hydrogens (primary N) is 1. The number of aromatic nitrogens is 1. The van der Waals surface area contributed by atoms with Gasteiger partial charge >= 0.3 is 5.97 Å². The van der Waals surface area contributed by atoms with Crippen LogP contribution in [0.4, 0.5) is 17.2 Å². The van der Waals surface area contributed by atoms with Crippen molar-refractivity contribution in [2.45, 2.75) is 0 Å². The van der Waals surface area contributed by atoms with Gasteiger partial charge in [-0.05, 0) is 18.2 Å². The number of nitrogens with one attached hydrogen (secondary N) is 1. The van der Waals surface area contributed by atoms with Gasteiger partial charge in [0.1, 0.15) is 5.82 Å². The second kappa shape index (κ2) is 5.34. The number of nitrogen functional groups attached to an aromatic ring is 1. The summed E-state index contributed by atoms with van der Waals surface area (Å²) in [6.07, 6.45) is 1.26. The van der Waals surface area contributed by atoms with Gasteiger partial charge in [0.2, 0.25) is 0 Å². The molecule has 98 valence electrons. The van der Waals surface area contributed by atoms with E-state index in [1.54, 1.807) is 18.2 Å². The minimum atomic E-state index is -1.13. The van der Waals surface area contributed by atoms with Crippen LogP contribution in [-0.4, -0.2) is 16.1 Å². The Balaban J connectivity index is 2.39. The molecule has 0 spiro atoms. The van der Waals surface area contributed by atoms with Crippen molar-refractivity contribution in [3.8, 4) is 0 Å². The molecule has 0 bridgehead atoms. The Morgan fingerprint density at radius 1 is 1.32 bits per heavy atom. The van der Waals surface area contributed by atoms with Crippen molar-refractivity contribution < 1.29 is 9.90 Å². The summed E-state index contributed by atoms with van der Waals surface area (Å²) in [7, 11) is 0. The lowest BCUT2D eigenvalue weighted by atomic mass is 10.2. The smallest absolute Gasteiger partial charge is 0.337 e. The molecule has 5 nitrogen and oxygen atoms in total. The topological polar surface area (TPSA) is 88.2 Å². The fourth-order valence-corrected chi connectivity index (χ4v) is 1.96. The van der Waals surface area contributed by atoms with E-state index in [1.165, 1.54) is 12.3 Å². The first-order valence-corrected chi connectivity index (χ1v) is 5.94. The van der Waals surface area contributed by atoms with Crippen molar-refractivity contribution in [2.24, 2.45) is 0 Å². The van der Waals surface area contributed by atoms with Crippen LogP contribution in [0.25, 0.3) is 0 Å². The minimum Gasteiger partial charge on any atom is -0.478 e. The summed E-state index contributed by atoms with van der Waals surface area (Å²) in [5, 5.41) is 12.7. The number of carboxylic acid groups (broad SMARTS) is 1. The molecule has 19 heavy (non-hydrogen) atoms.